The minimum absolute atomic E-state index is 0.0414. The second-order valence-corrected chi connectivity index (χ2v) is 9.23. The number of carbonyl (C=O) groups is 1. The molecule has 170 valence electrons. The van der Waals surface area contributed by atoms with Crippen molar-refractivity contribution in [3.05, 3.63) is 77.5 Å². The van der Waals surface area contributed by atoms with Crippen LogP contribution in [0.15, 0.2) is 70.4 Å². The number of hydrogen-bond acceptors (Lipinski definition) is 6. The molecule has 0 radical (unpaired) electrons. The number of para-hydroxylation sites is 1. The fourth-order valence-corrected chi connectivity index (χ4v) is 4.07. The number of carbonyl (C=O) groups excluding carboxylic acids is 1. The van der Waals surface area contributed by atoms with Crippen LogP contribution in [0.3, 0.4) is 0 Å². The molecule has 0 saturated heterocycles. The molecule has 0 bridgehead atoms. The Morgan fingerprint density at radius 2 is 1.82 bits per heavy atom. The van der Waals surface area contributed by atoms with Crippen LogP contribution in [0.5, 0.6) is 0 Å². The Balaban J connectivity index is 1.57. The van der Waals surface area contributed by atoms with E-state index in [0.717, 1.165) is 11.3 Å². The van der Waals surface area contributed by atoms with Crippen molar-refractivity contribution in [1.82, 2.24) is 25.1 Å². The fraction of sp³-hybridized carbons (Fsp3) is 0.250. The predicted octanol–water partition coefficient (Wildman–Crippen LogP) is 5.64. The number of oxazole rings is 1. The zero-order chi connectivity index (χ0) is 23.4. The molecule has 0 aliphatic carbocycles. The molecule has 9 heteroatoms. The molecule has 4 rings (SSSR count). The number of aromatic nitrogens is 4. The second kappa shape index (κ2) is 10.2. The van der Waals surface area contributed by atoms with Crippen molar-refractivity contribution in [2.45, 2.75) is 37.7 Å². The molecule has 2 aromatic carbocycles. The number of thioether (sulfide) groups is 1. The van der Waals surface area contributed by atoms with Crippen LogP contribution in [0, 0.1) is 5.92 Å². The van der Waals surface area contributed by atoms with E-state index in [1.807, 2.05) is 66.1 Å². The van der Waals surface area contributed by atoms with Gasteiger partial charge in [0.1, 0.15) is 6.26 Å². The summed E-state index contributed by atoms with van der Waals surface area (Å²) in [6.45, 7) is 6.07. The lowest BCUT2D eigenvalue weighted by atomic mass is 10.1. The van der Waals surface area contributed by atoms with Gasteiger partial charge in [0, 0.05) is 17.3 Å². The summed E-state index contributed by atoms with van der Waals surface area (Å²) in [6, 6.07) is 17.4. The summed E-state index contributed by atoms with van der Waals surface area (Å²) in [6.07, 6.45) is 1.38. The molecule has 0 saturated carbocycles. The SMILES string of the molecule is CC(C)C(C)NC(=O)c1coc(CSc2nnc(-c3ccccc3Cl)n2-c2ccccc2)n1. The van der Waals surface area contributed by atoms with E-state index in [4.69, 9.17) is 16.0 Å². The number of benzene rings is 2. The van der Waals surface area contributed by atoms with Gasteiger partial charge in [0.25, 0.3) is 5.91 Å². The average Bonchev–Trinajstić information content (AvgIpc) is 3.46. The van der Waals surface area contributed by atoms with Crippen molar-refractivity contribution in [1.29, 1.82) is 0 Å². The molecule has 1 N–H and O–H groups in total. The third kappa shape index (κ3) is 5.29. The topological polar surface area (TPSA) is 85.8 Å². The average molecular weight is 482 g/mol. The van der Waals surface area contributed by atoms with Gasteiger partial charge in [0.15, 0.2) is 16.7 Å². The van der Waals surface area contributed by atoms with Crippen LogP contribution in [0.1, 0.15) is 37.2 Å². The molecule has 1 atom stereocenters. The Morgan fingerprint density at radius 3 is 2.55 bits per heavy atom. The first-order valence-electron chi connectivity index (χ1n) is 10.6. The van der Waals surface area contributed by atoms with E-state index >= 15 is 0 Å². The summed E-state index contributed by atoms with van der Waals surface area (Å²) >= 11 is 7.86. The van der Waals surface area contributed by atoms with Gasteiger partial charge in [0.2, 0.25) is 5.89 Å². The first kappa shape index (κ1) is 23.1. The number of nitrogens with zero attached hydrogens (tertiary/aromatic N) is 4. The summed E-state index contributed by atoms with van der Waals surface area (Å²) in [5, 5.41) is 13.0. The molecule has 0 spiro atoms. The first-order valence-corrected chi connectivity index (χ1v) is 11.9. The van der Waals surface area contributed by atoms with Crippen LogP contribution in [0.2, 0.25) is 5.02 Å². The Bertz CT molecular complexity index is 1240. The molecule has 4 aromatic rings. The zero-order valence-electron chi connectivity index (χ0n) is 18.5. The lowest BCUT2D eigenvalue weighted by Crippen LogP contribution is -2.36. The summed E-state index contributed by atoms with van der Waals surface area (Å²) < 4.78 is 7.49. The van der Waals surface area contributed by atoms with E-state index in [0.29, 0.717) is 33.6 Å². The summed E-state index contributed by atoms with van der Waals surface area (Å²) in [5.74, 6) is 1.55. The number of hydrogen-bond donors (Lipinski definition) is 1. The molecule has 0 aliphatic heterocycles. The standard InChI is InChI=1S/C24H24ClN5O2S/c1-15(2)16(3)26-23(31)20-13-32-21(27-20)14-33-24-29-28-22(18-11-7-8-12-19(18)25)30(24)17-9-5-4-6-10-17/h4-13,15-16H,14H2,1-3H3,(H,26,31). The minimum atomic E-state index is -0.246. The van der Waals surface area contributed by atoms with Crippen molar-refractivity contribution >= 4 is 29.3 Å². The van der Waals surface area contributed by atoms with Gasteiger partial charge in [-0.25, -0.2) is 4.98 Å². The quantitative estimate of drug-likeness (QED) is 0.327. The normalized spacial score (nSPS) is 12.2. The Morgan fingerprint density at radius 1 is 1.09 bits per heavy atom. The van der Waals surface area contributed by atoms with Crippen molar-refractivity contribution in [3.63, 3.8) is 0 Å². The Hall–Kier alpha value is -3.10. The van der Waals surface area contributed by atoms with E-state index in [1.165, 1.54) is 18.0 Å². The van der Waals surface area contributed by atoms with Gasteiger partial charge >= 0.3 is 0 Å². The highest BCUT2D eigenvalue weighted by molar-refractivity contribution is 7.98. The maximum absolute atomic E-state index is 12.4. The molecule has 0 aliphatic rings. The van der Waals surface area contributed by atoms with Crippen molar-refractivity contribution < 1.29 is 9.21 Å². The monoisotopic (exact) mass is 481 g/mol. The van der Waals surface area contributed by atoms with Gasteiger partial charge < -0.3 is 9.73 Å². The van der Waals surface area contributed by atoms with Crippen LogP contribution >= 0.6 is 23.4 Å². The highest BCUT2D eigenvalue weighted by Crippen LogP contribution is 2.32. The summed E-state index contributed by atoms with van der Waals surface area (Å²) in [4.78, 5) is 16.7. The second-order valence-electron chi connectivity index (χ2n) is 7.88. The molecule has 2 heterocycles. The Kier molecular flexibility index (Phi) is 7.15. The highest BCUT2D eigenvalue weighted by atomic mass is 35.5. The molecule has 1 unspecified atom stereocenters. The predicted molar refractivity (Wildman–Crippen MR) is 130 cm³/mol. The van der Waals surface area contributed by atoms with Crippen molar-refractivity contribution in [3.8, 4) is 17.1 Å². The lowest BCUT2D eigenvalue weighted by Gasteiger charge is -2.16. The third-order valence-electron chi connectivity index (χ3n) is 5.23. The van der Waals surface area contributed by atoms with Gasteiger partial charge in [-0.2, -0.15) is 0 Å². The Labute approximate surface area is 201 Å². The van der Waals surface area contributed by atoms with Crippen molar-refractivity contribution in [2.75, 3.05) is 0 Å². The van der Waals surface area contributed by atoms with Crippen LogP contribution < -0.4 is 5.32 Å². The van der Waals surface area contributed by atoms with Crippen LogP contribution in [-0.2, 0) is 5.75 Å². The van der Waals surface area contributed by atoms with Gasteiger partial charge in [-0.1, -0.05) is 67.5 Å². The molecule has 1 amide bonds. The van der Waals surface area contributed by atoms with Crippen LogP contribution in [0.4, 0.5) is 0 Å². The van der Waals surface area contributed by atoms with Crippen LogP contribution in [-0.4, -0.2) is 31.7 Å². The van der Waals surface area contributed by atoms with Crippen LogP contribution in [0.25, 0.3) is 17.1 Å². The number of nitrogens with one attached hydrogen (secondary N) is 1. The smallest absolute Gasteiger partial charge is 0.273 e. The third-order valence-corrected chi connectivity index (χ3v) is 6.47. The van der Waals surface area contributed by atoms with E-state index in [-0.39, 0.29) is 17.6 Å². The molecular weight excluding hydrogens is 458 g/mol. The fourth-order valence-electron chi connectivity index (χ4n) is 3.05. The van der Waals surface area contributed by atoms with Gasteiger partial charge in [0.05, 0.1) is 10.8 Å². The van der Waals surface area contributed by atoms with Gasteiger partial charge in [-0.05, 0) is 37.1 Å². The van der Waals surface area contributed by atoms with Gasteiger partial charge in [-0.3, -0.25) is 9.36 Å². The van der Waals surface area contributed by atoms with E-state index in [9.17, 15) is 4.79 Å². The zero-order valence-corrected chi connectivity index (χ0v) is 20.1. The molecular formula is C24H24ClN5O2S. The van der Waals surface area contributed by atoms with E-state index in [2.05, 4.69) is 34.3 Å². The maximum atomic E-state index is 12.4. The maximum Gasteiger partial charge on any atom is 0.273 e. The van der Waals surface area contributed by atoms with E-state index in [1.54, 1.807) is 0 Å². The molecule has 0 fully saturated rings. The van der Waals surface area contributed by atoms with Crippen molar-refractivity contribution in [2.24, 2.45) is 5.92 Å². The summed E-state index contributed by atoms with van der Waals surface area (Å²) in [5.41, 5.74) is 1.96. The molecule has 33 heavy (non-hydrogen) atoms. The van der Waals surface area contributed by atoms with E-state index < -0.39 is 0 Å². The minimum Gasteiger partial charge on any atom is -0.447 e. The largest absolute Gasteiger partial charge is 0.447 e. The number of halogens is 1. The molecule has 7 nitrogen and oxygen atoms in total. The summed E-state index contributed by atoms with van der Waals surface area (Å²) in [7, 11) is 0. The molecule has 2 aromatic heterocycles. The lowest BCUT2D eigenvalue weighted by molar-refractivity contribution is 0.0925. The number of amides is 1. The number of rotatable bonds is 8. The first-order chi connectivity index (χ1) is 15.9. The highest BCUT2D eigenvalue weighted by Gasteiger charge is 2.20. The van der Waals surface area contributed by atoms with Gasteiger partial charge in [-0.15, -0.1) is 10.2 Å².